The number of fused-ring (bicyclic) bond motifs is 6. The summed E-state index contributed by atoms with van der Waals surface area (Å²) in [4.78, 5) is 7.55. The predicted molar refractivity (Wildman–Crippen MR) is 222 cm³/mol. The number of nitriles is 4. The van der Waals surface area contributed by atoms with Crippen LogP contribution in [0.3, 0.4) is 0 Å². The third kappa shape index (κ3) is 5.72. The van der Waals surface area contributed by atoms with E-state index in [2.05, 4.69) is 27.9 Å². The number of benzene rings is 7. The van der Waals surface area contributed by atoms with Crippen LogP contribution in [0.2, 0.25) is 0 Å². The van der Waals surface area contributed by atoms with Gasteiger partial charge in [0.15, 0.2) is 11.4 Å². The van der Waals surface area contributed by atoms with Gasteiger partial charge in [0.1, 0.15) is 0 Å². The molecule has 278 valence electrons. The number of nitrogens with zero attached hydrogens (tertiary/aromatic N) is 8. The third-order valence-corrected chi connectivity index (χ3v) is 10.7. The second kappa shape index (κ2) is 13.8. The second-order valence-corrected chi connectivity index (χ2v) is 13.9. The fraction of sp³-hybridized carbons (Fsp3) is 0.0204. The molecule has 0 aliphatic carbocycles. The van der Waals surface area contributed by atoms with E-state index in [4.69, 9.17) is 13.1 Å². The van der Waals surface area contributed by atoms with Crippen molar-refractivity contribution in [3.05, 3.63) is 178 Å². The Bertz CT molecular complexity index is 3480. The summed E-state index contributed by atoms with van der Waals surface area (Å²) in [5, 5.41) is 42.3. The molecule has 0 aliphatic heterocycles. The molecule has 0 N–H and O–H groups in total. The molecule has 11 heteroatoms. The van der Waals surface area contributed by atoms with Crippen LogP contribution < -0.4 is 0 Å². The first-order valence-corrected chi connectivity index (χ1v) is 18.1. The Morgan fingerprint density at radius 2 is 1.05 bits per heavy atom. The Balaban J connectivity index is 1.38. The highest BCUT2D eigenvalue weighted by molar-refractivity contribution is 6.12. The van der Waals surface area contributed by atoms with E-state index in [9.17, 15) is 34.2 Å². The Hall–Kier alpha value is -9.13. The van der Waals surface area contributed by atoms with Crippen LogP contribution in [-0.4, -0.2) is 9.13 Å². The van der Waals surface area contributed by atoms with Crippen molar-refractivity contribution in [3.63, 3.8) is 0 Å². The van der Waals surface area contributed by atoms with Crippen molar-refractivity contribution in [2.24, 2.45) is 0 Å². The van der Waals surface area contributed by atoms with E-state index in [1.807, 2.05) is 45.5 Å². The SMILES string of the molecule is [C-]#[N+]c1ccc2c(c1)c1cc(C#N)ccc1n2-c1ccc(-c2ccc(C(F)(F)F)cc2C#N)cc1-c1cc(-n2c3ccc(C#N)cc3c3cc(C#N)ccc32)ccc1[N+]#[C-]. The minimum Gasteiger partial charge on any atom is -0.309 e. The Morgan fingerprint density at radius 3 is 1.58 bits per heavy atom. The van der Waals surface area contributed by atoms with Crippen molar-refractivity contribution >= 4 is 55.0 Å². The van der Waals surface area contributed by atoms with Crippen LogP contribution in [0.25, 0.3) is 86.9 Å². The van der Waals surface area contributed by atoms with E-state index < -0.39 is 11.7 Å². The van der Waals surface area contributed by atoms with Gasteiger partial charge in [-0.15, -0.1) is 0 Å². The van der Waals surface area contributed by atoms with Crippen molar-refractivity contribution in [1.29, 1.82) is 21.0 Å². The maximum absolute atomic E-state index is 13.8. The maximum atomic E-state index is 13.8. The maximum Gasteiger partial charge on any atom is 0.416 e. The van der Waals surface area contributed by atoms with E-state index >= 15 is 0 Å². The predicted octanol–water partition coefficient (Wildman–Crippen LogP) is 12.8. The van der Waals surface area contributed by atoms with Crippen LogP contribution in [0.15, 0.2) is 127 Å². The molecule has 9 rings (SSSR count). The summed E-state index contributed by atoms with van der Waals surface area (Å²) in [6, 6.07) is 43.2. The van der Waals surface area contributed by atoms with Gasteiger partial charge in [-0.2, -0.15) is 34.2 Å². The molecule has 0 amide bonds. The van der Waals surface area contributed by atoms with E-state index in [1.54, 1.807) is 78.9 Å². The minimum absolute atomic E-state index is 0.186. The number of hydrogen-bond donors (Lipinski definition) is 0. The van der Waals surface area contributed by atoms with Gasteiger partial charge in [-0.25, -0.2) is 9.69 Å². The van der Waals surface area contributed by atoms with Gasteiger partial charge in [0.05, 0.1) is 93.0 Å². The first-order chi connectivity index (χ1) is 29.1. The van der Waals surface area contributed by atoms with Crippen molar-refractivity contribution in [2.75, 3.05) is 0 Å². The highest BCUT2D eigenvalue weighted by atomic mass is 19.4. The van der Waals surface area contributed by atoms with Crippen molar-refractivity contribution in [1.82, 2.24) is 9.13 Å². The average Bonchev–Trinajstić information content (AvgIpc) is 3.78. The quantitative estimate of drug-likeness (QED) is 0.165. The van der Waals surface area contributed by atoms with Gasteiger partial charge in [-0.05, 0) is 131 Å². The Morgan fingerprint density at radius 1 is 0.483 bits per heavy atom. The van der Waals surface area contributed by atoms with Gasteiger partial charge in [-0.1, -0.05) is 24.3 Å². The standard InChI is InChI=1S/C49H21F3N8/c1-57-34-8-16-48-42(22-34)40-19-30(26-55)5-14-46(40)60(48)47-15-6-31(36-10-7-33(49(50,51)52)20-32(36)27-56)21-41(47)37-23-35(9-11-43(37)58-2)59-44-12-3-28(24-53)17-38(44)39-18-29(25-54)4-13-45(39)59/h3-23H. The fourth-order valence-corrected chi connectivity index (χ4v) is 8.01. The molecule has 0 aliphatic rings. The molecule has 0 radical (unpaired) electrons. The van der Waals surface area contributed by atoms with Gasteiger partial charge in [0.2, 0.25) is 0 Å². The zero-order chi connectivity index (χ0) is 41.9. The third-order valence-electron chi connectivity index (χ3n) is 10.7. The lowest BCUT2D eigenvalue weighted by Crippen LogP contribution is -2.05. The number of halogens is 3. The summed E-state index contributed by atoms with van der Waals surface area (Å²) in [5.41, 5.74) is 6.51. The second-order valence-electron chi connectivity index (χ2n) is 13.9. The molecule has 0 saturated heterocycles. The Kier molecular flexibility index (Phi) is 8.40. The molecule has 0 bridgehead atoms. The van der Waals surface area contributed by atoms with Crippen molar-refractivity contribution < 1.29 is 13.2 Å². The topological polar surface area (TPSA) is 114 Å². The largest absolute Gasteiger partial charge is 0.416 e. The zero-order valence-electron chi connectivity index (χ0n) is 30.8. The van der Waals surface area contributed by atoms with Crippen LogP contribution in [0.1, 0.15) is 27.8 Å². The molecule has 60 heavy (non-hydrogen) atoms. The van der Waals surface area contributed by atoms with Gasteiger partial charge in [-0.3, -0.25) is 0 Å². The molecule has 8 nitrogen and oxygen atoms in total. The minimum atomic E-state index is -4.67. The highest BCUT2D eigenvalue weighted by Gasteiger charge is 2.31. The first-order valence-electron chi connectivity index (χ1n) is 18.1. The molecule has 2 heterocycles. The number of rotatable bonds is 4. The number of hydrogen-bond acceptors (Lipinski definition) is 4. The molecule has 9 aromatic rings. The monoisotopic (exact) mass is 778 g/mol. The van der Waals surface area contributed by atoms with Gasteiger partial charge in [0.25, 0.3) is 0 Å². The number of aromatic nitrogens is 2. The molecule has 7 aromatic carbocycles. The van der Waals surface area contributed by atoms with Crippen LogP contribution >= 0.6 is 0 Å². The molecule has 0 atom stereocenters. The average molecular weight is 779 g/mol. The van der Waals surface area contributed by atoms with E-state index in [0.717, 1.165) is 33.9 Å². The lowest BCUT2D eigenvalue weighted by Gasteiger charge is -2.19. The molecular formula is C49H21F3N8. The van der Waals surface area contributed by atoms with Crippen LogP contribution in [-0.2, 0) is 6.18 Å². The summed E-state index contributed by atoms with van der Waals surface area (Å²) in [6.45, 7) is 16.0. The molecule has 0 unspecified atom stereocenters. The smallest absolute Gasteiger partial charge is 0.309 e. The molecule has 0 saturated carbocycles. The Labute approximate surface area is 339 Å². The summed E-state index contributed by atoms with van der Waals surface area (Å²) in [7, 11) is 0. The lowest BCUT2D eigenvalue weighted by molar-refractivity contribution is -0.137. The van der Waals surface area contributed by atoms with E-state index in [-0.39, 0.29) is 16.8 Å². The van der Waals surface area contributed by atoms with Crippen molar-refractivity contribution in [3.8, 4) is 57.9 Å². The zero-order valence-corrected chi connectivity index (χ0v) is 30.8. The number of alkyl halides is 3. The first kappa shape index (κ1) is 36.5. The highest BCUT2D eigenvalue weighted by Crippen LogP contribution is 2.44. The van der Waals surface area contributed by atoms with Gasteiger partial charge >= 0.3 is 6.18 Å². The van der Waals surface area contributed by atoms with Crippen LogP contribution in [0, 0.1) is 58.5 Å². The van der Waals surface area contributed by atoms with Gasteiger partial charge < -0.3 is 9.13 Å². The molecule has 0 spiro atoms. The van der Waals surface area contributed by atoms with Crippen molar-refractivity contribution in [2.45, 2.75) is 6.18 Å². The van der Waals surface area contributed by atoms with E-state index in [0.29, 0.717) is 72.2 Å². The fourth-order valence-electron chi connectivity index (χ4n) is 8.01. The van der Waals surface area contributed by atoms with E-state index in [1.165, 1.54) is 6.07 Å². The molecule has 0 fully saturated rings. The lowest BCUT2D eigenvalue weighted by atomic mass is 9.93. The van der Waals surface area contributed by atoms with Gasteiger partial charge in [0, 0.05) is 21.8 Å². The molecule has 2 aromatic heterocycles. The van der Waals surface area contributed by atoms with Crippen LogP contribution in [0.4, 0.5) is 24.5 Å². The summed E-state index contributed by atoms with van der Waals surface area (Å²) in [5.74, 6) is 0. The normalized spacial score (nSPS) is 11.2. The summed E-state index contributed by atoms with van der Waals surface area (Å²) in [6.07, 6.45) is -4.67. The summed E-state index contributed by atoms with van der Waals surface area (Å²) >= 11 is 0. The summed E-state index contributed by atoms with van der Waals surface area (Å²) < 4.78 is 45.3. The van der Waals surface area contributed by atoms with Crippen LogP contribution in [0.5, 0.6) is 0 Å². The molecular weight excluding hydrogens is 758 g/mol.